The number of hydrogen-bond acceptors (Lipinski definition) is 4. The molecule has 1 N–H and O–H groups in total. The molecule has 4 aliphatic rings. The molecule has 0 spiro atoms. The molecule has 0 aromatic rings. The highest BCUT2D eigenvalue weighted by molar-refractivity contribution is 5.90. The van der Waals surface area contributed by atoms with Crippen molar-refractivity contribution >= 4 is 11.9 Å². The summed E-state index contributed by atoms with van der Waals surface area (Å²) in [5.74, 6) is 2.46. The third-order valence-corrected chi connectivity index (χ3v) is 11.1. The average Bonchev–Trinajstić information content (AvgIpc) is 3.19. The number of aliphatic carboxylic acids is 1. The van der Waals surface area contributed by atoms with Gasteiger partial charge in [0.2, 0.25) is 0 Å². The van der Waals surface area contributed by atoms with Crippen molar-refractivity contribution in [2.75, 3.05) is 13.2 Å². The first-order chi connectivity index (χ1) is 17.2. The van der Waals surface area contributed by atoms with E-state index >= 15 is 0 Å². The molecule has 0 unspecified atom stereocenters. The second-order valence-electron chi connectivity index (χ2n) is 13.0. The van der Waals surface area contributed by atoms with Crippen molar-refractivity contribution in [2.24, 2.45) is 40.4 Å². The molecule has 0 aliphatic heterocycles. The van der Waals surface area contributed by atoms with Gasteiger partial charge in [-0.1, -0.05) is 65.0 Å². The Morgan fingerprint density at radius 2 is 1.89 bits per heavy atom. The summed E-state index contributed by atoms with van der Waals surface area (Å²) >= 11 is 0. The van der Waals surface area contributed by atoms with E-state index in [1.54, 1.807) is 5.57 Å². The van der Waals surface area contributed by atoms with Crippen LogP contribution in [0.2, 0.25) is 0 Å². The predicted octanol–water partition coefficient (Wildman–Crippen LogP) is 7.18. The van der Waals surface area contributed by atoms with Crippen molar-refractivity contribution in [3.63, 3.8) is 0 Å². The number of carboxylic acids is 1. The summed E-state index contributed by atoms with van der Waals surface area (Å²) in [6.07, 6.45) is 17.8. The van der Waals surface area contributed by atoms with Crippen LogP contribution in [-0.4, -0.2) is 36.4 Å². The third kappa shape index (κ3) is 5.56. The number of unbranched alkanes of at least 4 members (excludes halogenated alkanes) is 2. The van der Waals surface area contributed by atoms with Crippen LogP contribution in [-0.2, 0) is 19.1 Å². The maximum atomic E-state index is 11.4. The van der Waals surface area contributed by atoms with Gasteiger partial charge in [0.05, 0.1) is 12.7 Å². The van der Waals surface area contributed by atoms with Gasteiger partial charge in [-0.05, 0) is 91.8 Å². The number of esters is 1. The van der Waals surface area contributed by atoms with Crippen molar-refractivity contribution in [2.45, 2.75) is 117 Å². The Kier molecular flexibility index (Phi) is 8.90. The van der Waals surface area contributed by atoms with Gasteiger partial charge in [0.15, 0.2) is 0 Å². The topological polar surface area (TPSA) is 72.8 Å². The zero-order chi connectivity index (χ0) is 25.9. The van der Waals surface area contributed by atoms with Gasteiger partial charge in [0.1, 0.15) is 13.0 Å². The van der Waals surface area contributed by atoms with Gasteiger partial charge in [0.25, 0.3) is 0 Å². The lowest BCUT2D eigenvalue weighted by molar-refractivity contribution is -0.153. The minimum atomic E-state index is -1.16. The van der Waals surface area contributed by atoms with E-state index in [0.29, 0.717) is 17.4 Å². The molecule has 0 saturated heterocycles. The lowest BCUT2D eigenvalue weighted by Gasteiger charge is -2.58. The number of rotatable bonds is 11. The maximum Gasteiger partial charge on any atom is 0.317 e. The number of ether oxygens (including phenoxy) is 2. The largest absolute Gasteiger partial charge is 0.481 e. The first-order valence-corrected chi connectivity index (χ1v) is 14.9. The Hall–Kier alpha value is -1.36. The molecule has 204 valence electrons. The number of fused-ring (bicyclic) bond motifs is 5. The Morgan fingerprint density at radius 3 is 2.64 bits per heavy atom. The van der Waals surface area contributed by atoms with E-state index in [1.807, 2.05) is 0 Å². The molecule has 0 aromatic carbocycles. The fraction of sp³-hybridized carbons (Fsp3) is 0.871. The van der Waals surface area contributed by atoms with Crippen molar-refractivity contribution in [3.05, 3.63) is 11.6 Å². The second kappa shape index (κ2) is 11.6. The molecule has 8 atom stereocenters. The fourth-order valence-electron chi connectivity index (χ4n) is 9.21. The number of allylic oxidation sites excluding steroid dienone is 1. The molecule has 0 bridgehead atoms. The van der Waals surface area contributed by atoms with Crippen LogP contribution in [0.3, 0.4) is 0 Å². The summed E-state index contributed by atoms with van der Waals surface area (Å²) in [7, 11) is 0. The molecule has 3 saturated carbocycles. The number of carboxylic acid groups (broad SMARTS) is 1. The Balaban J connectivity index is 1.33. The highest BCUT2D eigenvalue weighted by Crippen LogP contribution is 2.67. The van der Waals surface area contributed by atoms with Crippen LogP contribution in [0, 0.1) is 40.4 Å². The van der Waals surface area contributed by atoms with Gasteiger partial charge in [-0.3, -0.25) is 9.59 Å². The van der Waals surface area contributed by atoms with Crippen LogP contribution in [0.25, 0.3) is 0 Å². The van der Waals surface area contributed by atoms with Crippen molar-refractivity contribution in [1.29, 1.82) is 0 Å². The van der Waals surface area contributed by atoms with Gasteiger partial charge in [-0.25, -0.2) is 0 Å². The van der Waals surface area contributed by atoms with Crippen molar-refractivity contribution in [1.82, 2.24) is 0 Å². The highest BCUT2D eigenvalue weighted by atomic mass is 16.6. The standard InChI is InChI=1S/C31H50O5/c1-5-6-7-8-21(2)25-11-12-26-24-10-9-22-19-23(35-17-18-36-29(34)20-28(32)33)13-15-30(22,3)27(24)14-16-31(25,26)4/h9,21,23-27H,5-8,10-20H2,1-4H3,(H,32,33)/t21-,23+,24+,25-,26+,27+,30+,31-/m1/s1. The van der Waals surface area contributed by atoms with E-state index in [2.05, 4.69) is 33.8 Å². The lowest BCUT2D eigenvalue weighted by Crippen LogP contribution is -2.51. The summed E-state index contributed by atoms with van der Waals surface area (Å²) < 4.78 is 11.1. The number of hydrogen-bond donors (Lipinski definition) is 1. The smallest absolute Gasteiger partial charge is 0.317 e. The normalized spacial score (nSPS) is 38.3. The van der Waals surface area contributed by atoms with E-state index in [9.17, 15) is 9.59 Å². The molecule has 4 aliphatic carbocycles. The van der Waals surface area contributed by atoms with Crippen LogP contribution in [0.1, 0.15) is 111 Å². The summed E-state index contributed by atoms with van der Waals surface area (Å²) in [4.78, 5) is 22.0. The first-order valence-electron chi connectivity index (χ1n) is 14.9. The Morgan fingerprint density at radius 1 is 1.08 bits per heavy atom. The molecule has 0 aromatic heterocycles. The molecule has 5 nitrogen and oxygen atoms in total. The monoisotopic (exact) mass is 502 g/mol. The minimum absolute atomic E-state index is 0.127. The van der Waals surface area contributed by atoms with Crippen LogP contribution in [0.15, 0.2) is 11.6 Å². The van der Waals surface area contributed by atoms with E-state index < -0.39 is 18.4 Å². The van der Waals surface area contributed by atoms with Crippen molar-refractivity contribution in [3.8, 4) is 0 Å². The molecular formula is C31H50O5. The molecule has 0 amide bonds. The Labute approximate surface area is 218 Å². The number of carbonyl (C=O) groups is 2. The summed E-state index contributed by atoms with van der Waals surface area (Å²) in [6, 6.07) is 0. The van der Waals surface area contributed by atoms with Crippen LogP contribution in [0.5, 0.6) is 0 Å². The molecule has 36 heavy (non-hydrogen) atoms. The van der Waals surface area contributed by atoms with Gasteiger partial charge in [-0.2, -0.15) is 0 Å². The van der Waals surface area contributed by atoms with Crippen molar-refractivity contribution < 1.29 is 24.2 Å². The molecule has 0 heterocycles. The lowest BCUT2D eigenvalue weighted by atomic mass is 9.47. The molecule has 0 radical (unpaired) electrons. The second-order valence-corrected chi connectivity index (χ2v) is 13.0. The molecule has 5 heteroatoms. The number of carbonyl (C=O) groups excluding carboxylic acids is 1. The Bertz CT molecular complexity index is 820. The summed E-state index contributed by atoms with van der Waals surface area (Å²) in [6.45, 7) is 10.5. The quantitative estimate of drug-likeness (QED) is 0.140. The minimum Gasteiger partial charge on any atom is -0.481 e. The fourth-order valence-corrected chi connectivity index (χ4v) is 9.21. The highest BCUT2D eigenvalue weighted by Gasteiger charge is 2.59. The third-order valence-electron chi connectivity index (χ3n) is 11.1. The predicted molar refractivity (Wildman–Crippen MR) is 141 cm³/mol. The van der Waals surface area contributed by atoms with Crippen LogP contribution < -0.4 is 0 Å². The maximum absolute atomic E-state index is 11.4. The van der Waals surface area contributed by atoms with Gasteiger partial charge < -0.3 is 14.6 Å². The first kappa shape index (κ1) is 27.7. The van der Waals surface area contributed by atoms with Crippen LogP contribution >= 0.6 is 0 Å². The van der Waals surface area contributed by atoms with E-state index in [-0.39, 0.29) is 12.7 Å². The molecule has 4 rings (SSSR count). The van der Waals surface area contributed by atoms with Crippen LogP contribution in [0.4, 0.5) is 0 Å². The van der Waals surface area contributed by atoms with E-state index in [0.717, 1.165) is 42.4 Å². The average molecular weight is 503 g/mol. The van der Waals surface area contributed by atoms with Gasteiger partial charge in [-0.15, -0.1) is 0 Å². The van der Waals surface area contributed by atoms with Gasteiger partial charge in [0, 0.05) is 0 Å². The molecule has 3 fully saturated rings. The SMILES string of the molecule is CCCCC[C@@H](C)[C@H]1CC[C@H]2[C@@H]3CC=C4C[C@@H](OCCOC(=O)CC(=O)O)CC[C@]4(C)[C@H]3CC[C@]12C. The summed E-state index contributed by atoms with van der Waals surface area (Å²) in [5, 5.41) is 8.66. The van der Waals surface area contributed by atoms with Gasteiger partial charge >= 0.3 is 11.9 Å². The van der Waals surface area contributed by atoms with E-state index in [1.165, 1.54) is 64.2 Å². The molecular weight excluding hydrogens is 452 g/mol. The zero-order valence-corrected chi connectivity index (χ0v) is 23.2. The zero-order valence-electron chi connectivity index (χ0n) is 23.2. The van der Waals surface area contributed by atoms with E-state index in [4.69, 9.17) is 14.6 Å². The summed E-state index contributed by atoms with van der Waals surface area (Å²) in [5.41, 5.74) is 2.45.